The van der Waals surface area contributed by atoms with Gasteiger partial charge in [-0.2, -0.15) is 4.37 Å². The largest absolute Gasteiger partial charge is 0.451 e. The molecule has 1 saturated heterocycles. The highest BCUT2D eigenvalue weighted by atomic mass is 32.1. The molecule has 0 radical (unpaired) electrons. The molecule has 0 unspecified atom stereocenters. The maximum absolute atomic E-state index is 12.9. The summed E-state index contributed by atoms with van der Waals surface area (Å²) in [4.78, 5) is 27.4. The molecule has 3 heterocycles. The number of carbonyl (C=O) groups is 1. The Morgan fingerprint density at radius 3 is 2.65 bits per heavy atom. The highest BCUT2D eigenvalue weighted by Gasteiger charge is 2.26. The first-order chi connectivity index (χ1) is 15.1. The van der Waals surface area contributed by atoms with Crippen LogP contribution >= 0.6 is 11.5 Å². The topological polar surface area (TPSA) is 92.7 Å². The maximum atomic E-state index is 12.9. The molecule has 1 fully saturated rings. The summed E-state index contributed by atoms with van der Waals surface area (Å²) in [5, 5.41) is 12.1. The molecule has 2 aromatic carbocycles. The van der Waals surface area contributed by atoms with Crippen LogP contribution in [0, 0.1) is 10.1 Å². The van der Waals surface area contributed by atoms with Crippen molar-refractivity contribution < 1.29 is 14.1 Å². The van der Waals surface area contributed by atoms with E-state index in [4.69, 9.17) is 4.42 Å². The van der Waals surface area contributed by atoms with Crippen LogP contribution in [0.1, 0.15) is 10.6 Å². The van der Waals surface area contributed by atoms with Gasteiger partial charge in [0.1, 0.15) is 11.6 Å². The lowest BCUT2D eigenvalue weighted by Crippen LogP contribution is -2.48. The molecule has 5 rings (SSSR count). The summed E-state index contributed by atoms with van der Waals surface area (Å²) in [6.07, 6.45) is 0. The molecule has 0 aliphatic carbocycles. The SMILES string of the molecule is O=C(c1ccc(-c2cccc([N+](=O)[O-])c2)o1)N1CCN(c2nsc3ccccc23)CC1. The molecule has 2 aromatic heterocycles. The number of hydrogen-bond acceptors (Lipinski definition) is 7. The molecule has 0 bridgehead atoms. The summed E-state index contributed by atoms with van der Waals surface area (Å²) in [7, 11) is 0. The van der Waals surface area contributed by atoms with E-state index in [1.807, 2.05) is 12.1 Å². The average molecular weight is 434 g/mol. The minimum absolute atomic E-state index is 0.0209. The number of rotatable bonds is 4. The van der Waals surface area contributed by atoms with E-state index in [0.29, 0.717) is 37.5 Å². The van der Waals surface area contributed by atoms with E-state index in [1.54, 1.807) is 29.2 Å². The summed E-state index contributed by atoms with van der Waals surface area (Å²) < 4.78 is 11.5. The summed E-state index contributed by atoms with van der Waals surface area (Å²) in [5.74, 6) is 1.45. The molecule has 0 spiro atoms. The number of nitro groups is 1. The first-order valence-electron chi connectivity index (χ1n) is 9.83. The minimum atomic E-state index is -0.455. The zero-order valence-electron chi connectivity index (χ0n) is 16.4. The Kier molecular flexibility index (Phi) is 4.87. The molecule has 1 aliphatic rings. The van der Waals surface area contributed by atoms with Crippen LogP contribution in [-0.4, -0.2) is 46.3 Å². The van der Waals surface area contributed by atoms with Crippen LogP contribution in [0.15, 0.2) is 65.1 Å². The van der Waals surface area contributed by atoms with E-state index in [0.717, 1.165) is 15.9 Å². The highest BCUT2D eigenvalue weighted by molar-refractivity contribution is 7.13. The molecule has 8 nitrogen and oxygen atoms in total. The quantitative estimate of drug-likeness (QED) is 0.349. The van der Waals surface area contributed by atoms with Gasteiger partial charge in [-0.25, -0.2) is 0 Å². The molecule has 4 aromatic rings. The average Bonchev–Trinajstić information content (AvgIpc) is 3.47. The van der Waals surface area contributed by atoms with E-state index in [-0.39, 0.29) is 17.4 Å². The Hall–Kier alpha value is -3.72. The number of non-ortho nitro benzene ring substituents is 1. The van der Waals surface area contributed by atoms with Crippen LogP contribution in [0.4, 0.5) is 11.5 Å². The highest BCUT2D eigenvalue weighted by Crippen LogP contribution is 2.30. The molecule has 0 atom stereocenters. The first kappa shape index (κ1) is 19.3. The van der Waals surface area contributed by atoms with E-state index >= 15 is 0 Å². The van der Waals surface area contributed by atoms with Crippen LogP contribution in [-0.2, 0) is 0 Å². The molecule has 0 N–H and O–H groups in total. The number of carbonyl (C=O) groups excluding carboxylic acids is 1. The van der Waals surface area contributed by atoms with Gasteiger partial charge in [0.15, 0.2) is 5.76 Å². The summed E-state index contributed by atoms with van der Waals surface area (Å²) in [6.45, 7) is 2.52. The molecule has 1 amide bonds. The van der Waals surface area contributed by atoms with Crippen molar-refractivity contribution in [3.63, 3.8) is 0 Å². The number of nitrogens with zero attached hydrogens (tertiary/aromatic N) is 4. The van der Waals surface area contributed by atoms with Crippen molar-refractivity contribution in [3.8, 4) is 11.3 Å². The van der Waals surface area contributed by atoms with Crippen LogP contribution in [0.25, 0.3) is 21.4 Å². The van der Waals surface area contributed by atoms with Gasteiger partial charge in [-0.05, 0) is 35.8 Å². The molecule has 1 aliphatic heterocycles. The van der Waals surface area contributed by atoms with Gasteiger partial charge in [0.05, 0.1) is 9.62 Å². The zero-order chi connectivity index (χ0) is 21.4. The van der Waals surface area contributed by atoms with Gasteiger partial charge in [0.25, 0.3) is 11.6 Å². The van der Waals surface area contributed by atoms with E-state index in [9.17, 15) is 14.9 Å². The Balaban J connectivity index is 1.28. The molecule has 9 heteroatoms. The molecular weight excluding hydrogens is 416 g/mol. The number of anilines is 1. The van der Waals surface area contributed by atoms with Crippen molar-refractivity contribution in [2.45, 2.75) is 0 Å². The van der Waals surface area contributed by atoms with Gasteiger partial charge in [0.2, 0.25) is 0 Å². The summed E-state index contributed by atoms with van der Waals surface area (Å²) in [6, 6.07) is 17.6. The fourth-order valence-corrected chi connectivity index (χ4v) is 4.55. The van der Waals surface area contributed by atoms with E-state index < -0.39 is 4.92 Å². The van der Waals surface area contributed by atoms with Crippen molar-refractivity contribution >= 4 is 39.0 Å². The van der Waals surface area contributed by atoms with Crippen LogP contribution in [0.2, 0.25) is 0 Å². The number of hydrogen-bond donors (Lipinski definition) is 0. The summed E-state index contributed by atoms with van der Waals surface area (Å²) >= 11 is 1.49. The lowest BCUT2D eigenvalue weighted by atomic mass is 10.1. The van der Waals surface area contributed by atoms with Gasteiger partial charge < -0.3 is 14.2 Å². The molecule has 31 heavy (non-hydrogen) atoms. The second-order valence-corrected chi connectivity index (χ2v) is 8.06. The first-order valence-corrected chi connectivity index (χ1v) is 10.6. The number of furan rings is 1. The standard InChI is InChI=1S/C22H18N4O4S/c27-22(19-9-8-18(30-19)15-4-3-5-16(14-15)26(28)29)25-12-10-24(11-13-25)21-17-6-1-2-7-20(17)31-23-21/h1-9,14H,10-13H2. The normalized spacial score (nSPS) is 14.2. The van der Waals surface area contributed by atoms with Crippen LogP contribution in [0.5, 0.6) is 0 Å². The monoisotopic (exact) mass is 434 g/mol. The number of aromatic nitrogens is 1. The number of piperazine rings is 1. The third kappa shape index (κ3) is 3.64. The van der Waals surface area contributed by atoms with Gasteiger partial charge in [0, 0.05) is 49.3 Å². The van der Waals surface area contributed by atoms with Crippen LogP contribution < -0.4 is 4.90 Å². The zero-order valence-corrected chi connectivity index (χ0v) is 17.2. The van der Waals surface area contributed by atoms with Gasteiger partial charge in [-0.15, -0.1) is 0 Å². The number of nitro benzene ring substituents is 1. The summed E-state index contributed by atoms with van der Waals surface area (Å²) in [5.41, 5.74) is 0.543. The van der Waals surface area contributed by atoms with Crippen molar-refractivity contribution in [2.24, 2.45) is 0 Å². The van der Waals surface area contributed by atoms with Crippen molar-refractivity contribution in [2.75, 3.05) is 31.1 Å². The van der Waals surface area contributed by atoms with Crippen molar-refractivity contribution in [1.29, 1.82) is 0 Å². The Labute approximate surface area is 181 Å². The van der Waals surface area contributed by atoms with E-state index in [2.05, 4.69) is 21.4 Å². The lowest BCUT2D eigenvalue weighted by Gasteiger charge is -2.34. The third-order valence-corrected chi connectivity index (χ3v) is 6.20. The smallest absolute Gasteiger partial charge is 0.289 e. The second-order valence-electron chi connectivity index (χ2n) is 7.25. The van der Waals surface area contributed by atoms with E-state index in [1.165, 1.54) is 23.7 Å². The number of amides is 1. The molecular formula is C22H18N4O4S. The molecule has 156 valence electrons. The Morgan fingerprint density at radius 2 is 1.84 bits per heavy atom. The number of benzene rings is 2. The van der Waals surface area contributed by atoms with Gasteiger partial charge in [-0.3, -0.25) is 14.9 Å². The fourth-order valence-electron chi connectivity index (χ4n) is 3.76. The fraction of sp³-hybridized carbons (Fsp3) is 0.182. The van der Waals surface area contributed by atoms with Gasteiger partial charge >= 0.3 is 0 Å². The third-order valence-electron chi connectivity index (χ3n) is 5.38. The Morgan fingerprint density at radius 1 is 1.03 bits per heavy atom. The number of fused-ring (bicyclic) bond motifs is 1. The lowest BCUT2D eigenvalue weighted by molar-refractivity contribution is -0.384. The van der Waals surface area contributed by atoms with Crippen LogP contribution in [0.3, 0.4) is 0 Å². The second kappa shape index (κ2) is 7.84. The van der Waals surface area contributed by atoms with Crippen molar-refractivity contribution in [3.05, 3.63) is 76.5 Å². The predicted octanol–water partition coefficient (Wildman–Crippen LogP) is 4.43. The molecule has 0 saturated carbocycles. The Bertz CT molecular complexity index is 1270. The van der Waals surface area contributed by atoms with Gasteiger partial charge in [-0.1, -0.05) is 24.3 Å². The minimum Gasteiger partial charge on any atom is -0.451 e. The maximum Gasteiger partial charge on any atom is 0.289 e. The predicted molar refractivity (Wildman–Crippen MR) is 119 cm³/mol. The van der Waals surface area contributed by atoms with Crippen molar-refractivity contribution in [1.82, 2.24) is 9.27 Å².